The highest BCUT2D eigenvalue weighted by Crippen LogP contribution is 2.17. The molecule has 0 spiro atoms. The molecular weight excluding hydrogens is 556 g/mol. The van der Waals surface area contributed by atoms with E-state index in [0.29, 0.717) is 35.5 Å². The molecule has 2 unspecified atom stereocenters. The SMILES string of the molecule is CCCN(CCC)C(=O)c1cc(C)cc(C(=O)NC(Cc2cc(F)cc(F)c2)C(O)CNC(=O)c2cccc(OC)c2)c1. The van der Waals surface area contributed by atoms with Crippen LogP contribution in [0.4, 0.5) is 8.78 Å². The van der Waals surface area contributed by atoms with Gasteiger partial charge in [-0.2, -0.15) is 0 Å². The van der Waals surface area contributed by atoms with Crippen LogP contribution in [0.2, 0.25) is 0 Å². The molecule has 3 rings (SSSR count). The Kier molecular flexibility index (Phi) is 12.2. The lowest BCUT2D eigenvalue weighted by Gasteiger charge is -2.25. The first-order valence-electron chi connectivity index (χ1n) is 14.3. The smallest absolute Gasteiger partial charge is 0.253 e. The Morgan fingerprint density at radius 2 is 1.53 bits per heavy atom. The number of ether oxygens (including phenoxy) is 1. The number of hydrogen-bond acceptors (Lipinski definition) is 5. The number of methoxy groups -OCH3 is 1. The molecule has 0 fully saturated rings. The number of aliphatic hydroxyl groups is 1. The summed E-state index contributed by atoms with van der Waals surface area (Å²) < 4.78 is 33.1. The van der Waals surface area contributed by atoms with Gasteiger partial charge in [-0.1, -0.05) is 19.9 Å². The molecule has 0 aliphatic carbocycles. The summed E-state index contributed by atoms with van der Waals surface area (Å²) in [7, 11) is 1.47. The number of aryl methyl sites for hydroxylation is 1. The molecule has 0 bridgehead atoms. The van der Waals surface area contributed by atoms with Gasteiger partial charge in [0.2, 0.25) is 0 Å². The van der Waals surface area contributed by atoms with E-state index >= 15 is 0 Å². The van der Waals surface area contributed by atoms with Crippen LogP contribution < -0.4 is 15.4 Å². The summed E-state index contributed by atoms with van der Waals surface area (Å²) in [5.74, 6) is -2.37. The number of rotatable bonds is 14. The zero-order chi connectivity index (χ0) is 31.5. The number of nitrogens with one attached hydrogen (secondary N) is 2. The van der Waals surface area contributed by atoms with Crippen LogP contribution in [0.1, 0.15) is 68.9 Å². The van der Waals surface area contributed by atoms with E-state index in [1.807, 2.05) is 13.8 Å². The van der Waals surface area contributed by atoms with Gasteiger partial charge in [0.05, 0.1) is 19.3 Å². The Balaban J connectivity index is 1.84. The molecule has 0 radical (unpaired) electrons. The first-order chi connectivity index (χ1) is 20.5. The molecule has 8 nitrogen and oxygen atoms in total. The minimum Gasteiger partial charge on any atom is -0.497 e. The Bertz CT molecular complexity index is 1410. The maximum Gasteiger partial charge on any atom is 0.253 e. The summed E-state index contributed by atoms with van der Waals surface area (Å²) >= 11 is 0. The molecule has 3 N–H and O–H groups in total. The molecule has 3 aromatic rings. The summed E-state index contributed by atoms with van der Waals surface area (Å²) in [6.45, 7) is 6.65. The van der Waals surface area contributed by atoms with E-state index in [9.17, 15) is 28.3 Å². The first kappa shape index (κ1) is 33.2. The van der Waals surface area contributed by atoms with Gasteiger partial charge in [-0.3, -0.25) is 14.4 Å². The normalized spacial score (nSPS) is 12.3. The minimum absolute atomic E-state index is 0.130. The van der Waals surface area contributed by atoms with Gasteiger partial charge in [-0.05, 0) is 85.8 Å². The molecule has 10 heteroatoms. The number of benzene rings is 3. The Morgan fingerprint density at radius 1 is 0.884 bits per heavy atom. The van der Waals surface area contributed by atoms with Crippen molar-refractivity contribution >= 4 is 17.7 Å². The van der Waals surface area contributed by atoms with E-state index in [-0.39, 0.29) is 30.0 Å². The van der Waals surface area contributed by atoms with Crippen LogP contribution in [0.15, 0.2) is 60.7 Å². The highest BCUT2D eigenvalue weighted by atomic mass is 19.1. The molecule has 3 aromatic carbocycles. The predicted octanol–water partition coefficient (Wildman–Crippen LogP) is 4.68. The van der Waals surface area contributed by atoms with Crippen LogP contribution in [0, 0.1) is 18.6 Å². The topological polar surface area (TPSA) is 108 Å². The molecule has 0 aliphatic heterocycles. The van der Waals surface area contributed by atoms with E-state index in [0.717, 1.165) is 31.0 Å². The molecule has 0 saturated heterocycles. The standard InChI is InChI=1S/C33H39F2N3O5/c1-5-10-38(11-6-2)33(42)25-13-21(3)12-24(17-25)32(41)37-29(16-22-14-26(34)19-27(35)15-22)30(39)20-36-31(40)23-8-7-9-28(18-23)43-4/h7-9,12-15,17-19,29-30,39H,5-6,10-11,16,20H2,1-4H3,(H,36,40)(H,37,41). The lowest BCUT2D eigenvalue weighted by atomic mass is 9.99. The van der Waals surface area contributed by atoms with Gasteiger partial charge < -0.3 is 25.4 Å². The summed E-state index contributed by atoms with van der Waals surface area (Å²) in [6.07, 6.45) is 0.119. The molecule has 43 heavy (non-hydrogen) atoms. The zero-order valence-electron chi connectivity index (χ0n) is 25.0. The van der Waals surface area contributed by atoms with Crippen LogP contribution in [0.3, 0.4) is 0 Å². The van der Waals surface area contributed by atoms with Crippen LogP contribution in [0.25, 0.3) is 0 Å². The maximum atomic E-state index is 14.0. The van der Waals surface area contributed by atoms with E-state index < -0.39 is 35.6 Å². The molecule has 0 aromatic heterocycles. The van der Waals surface area contributed by atoms with Crippen molar-refractivity contribution in [2.75, 3.05) is 26.7 Å². The van der Waals surface area contributed by atoms with E-state index in [2.05, 4.69) is 10.6 Å². The second-order valence-electron chi connectivity index (χ2n) is 10.5. The first-order valence-corrected chi connectivity index (χ1v) is 14.3. The van der Waals surface area contributed by atoms with Crippen molar-refractivity contribution in [3.05, 3.63) is 100 Å². The van der Waals surface area contributed by atoms with Crippen molar-refractivity contribution in [3.8, 4) is 5.75 Å². The molecule has 230 valence electrons. The maximum absolute atomic E-state index is 14.0. The van der Waals surface area contributed by atoms with E-state index in [4.69, 9.17) is 4.74 Å². The van der Waals surface area contributed by atoms with Gasteiger partial charge in [0, 0.05) is 42.4 Å². The van der Waals surface area contributed by atoms with Crippen LogP contribution in [0.5, 0.6) is 5.75 Å². The fraction of sp³-hybridized carbons (Fsp3) is 0.364. The third-order valence-electron chi connectivity index (χ3n) is 6.82. The summed E-state index contributed by atoms with van der Waals surface area (Å²) in [5.41, 5.74) is 1.76. The van der Waals surface area contributed by atoms with Gasteiger partial charge in [0.25, 0.3) is 17.7 Å². The van der Waals surface area contributed by atoms with Crippen LogP contribution in [-0.4, -0.2) is 66.6 Å². The molecule has 0 saturated carbocycles. The average Bonchev–Trinajstić information content (AvgIpc) is 2.98. The number of hydrogen-bond donors (Lipinski definition) is 3. The largest absolute Gasteiger partial charge is 0.497 e. The lowest BCUT2D eigenvalue weighted by Crippen LogP contribution is -2.49. The number of aliphatic hydroxyl groups excluding tert-OH is 1. The number of amides is 3. The van der Waals surface area contributed by atoms with Gasteiger partial charge in [0.15, 0.2) is 0 Å². The fourth-order valence-corrected chi connectivity index (χ4v) is 4.80. The molecule has 0 heterocycles. The number of carbonyl (C=O) groups excluding carboxylic acids is 3. The molecule has 3 amide bonds. The number of carbonyl (C=O) groups is 3. The monoisotopic (exact) mass is 595 g/mol. The quantitative estimate of drug-likeness (QED) is 0.251. The zero-order valence-corrected chi connectivity index (χ0v) is 25.0. The van der Waals surface area contributed by atoms with Crippen molar-refractivity contribution in [1.29, 1.82) is 0 Å². The third kappa shape index (κ3) is 9.61. The number of halogens is 2. The van der Waals surface area contributed by atoms with Gasteiger partial charge in [-0.25, -0.2) is 8.78 Å². The predicted molar refractivity (Wildman–Crippen MR) is 160 cm³/mol. The van der Waals surface area contributed by atoms with Crippen molar-refractivity contribution in [2.24, 2.45) is 0 Å². The van der Waals surface area contributed by atoms with Gasteiger partial charge in [0.1, 0.15) is 17.4 Å². The fourth-order valence-electron chi connectivity index (χ4n) is 4.80. The second kappa shape index (κ2) is 15.8. The summed E-state index contributed by atoms with van der Waals surface area (Å²) in [4.78, 5) is 41.2. The Hall–Kier alpha value is -4.31. The molecular formula is C33H39F2N3O5. The van der Waals surface area contributed by atoms with Crippen molar-refractivity contribution in [3.63, 3.8) is 0 Å². The van der Waals surface area contributed by atoms with Crippen molar-refractivity contribution in [2.45, 2.75) is 52.2 Å². The van der Waals surface area contributed by atoms with Crippen molar-refractivity contribution < 1.29 is 33.0 Å². The minimum atomic E-state index is -1.33. The van der Waals surface area contributed by atoms with Crippen molar-refractivity contribution in [1.82, 2.24) is 15.5 Å². The molecule has 2 atom stereocenters. The average molecular weight is 596 g/mol. The van der Waals surface area contributed by atoms with E-state index in [1.165, 1.54) is 19.2 Å². The Morgan fingerprint density at radius 3 is 2.16 bits per heavy atom. The van der Waals surface area contributed by atoms with Crippen LogP contribution >= 0.6 is 0 Å². The number of nitrogens with zero attached hydrogens (tertiary/aromatic N) is 1. The third-order valence-corrected chi connectivity index (χ3v) is 6.82. The second-order valence-corrected chi connectivity index (χ2v) is 10.5. The summed E-state index contributed by atoms with van der Waals surface area (Å²) in [6, 6.07) is 13.2. The highest BCUT2D eigenvalue weighted by Gasteiger charge is 2.25. The highest BCUT2D eigenvalue weighted by molar-refractivity contribution is 6.00. The van der Waals surface area contributed by atoms with Gasteiger partial charge in [-0.15, -0.1) is 0 Å². The Labute approximate surface area is 251 Å². The van der Waals surface area contributed by atoms with Gasteiger partial charge >= 0.3 is 0 Å². The lowest BCUT2D eigenvalue weighted by molar-refractivity contribution is 0.0755. The summed E-state index contributed by atoms with van der Waals surface area (Å²) in [5, 5.41) is 16.5. The van der Waals surface area contributed by atoms with E-state index in [1.54, 1.807) is 42.2 Å². The molecule has 0 aliphatic rings. The van der Waals surface area contributed by atoms with Crippen LogP contribution in [-0.2, 0) is 6.42 Å².